The van der Waals surface area contributed by atoms with E-state index in [4.69, 9.17) is 0 Å². The SMILES string of the molecule is CCCCn1nnnc1NC(=O)NC(C)CN1CCc2ccccc2C1. The van der Waals surface area contributed by atoms with Gasteiger partial charge in [-0.1, -0.05) is 42.7 Å². The number of amides is 2. The molecular weight excluding hydrogens is 330 g/mol. The maximum absolute atomic E-state index is 12.2. The Morgan fingerprint density at radius 2 is 2.12 bits per heavy atom. The van der Waals surface area contributed by atoms with Crippen LogP contribution in [0.4, 0.5) is 10.7 Å². The molecule has 8 nitrogen and oxygen atoms in total. The number of nitrogens with one attached hydrogen (secondary N) is 2. The third kappa shape index (κ3) is 4.78. The molecule has 2 aromatic rings. The number of carbonyl (C=O) groups is 1. The molecule has 0 spiro atoms. The smallest absolute Gasteiger partial charge is 0.321 e. The van der Waals surface area contributed by atoms with E-state index in [2.05, 4.69) is 62.2 Å². The number of fused-ring (bicyclic) bond motifs is 1. The lowest BCUT2D eigenvalue weighted by Gasteiger charge is -2.31. The Bertz CT molecular complexity index is 730. The van der Waals surface area contributed by atoms with Crippen molar-refractivity contribution in [3.8, 4) is 0 Å². The van der Waals surface area contributed by atoms with E-state index in [1.165, 1.54) is 11.1 Å². The Balaban J connectivity index is 1.47. The van der Waals surface area contributed by atoms with Gasteiger partial charge in [-0.3, -0.25) is 10.2 Å². The second-order valence-corrected chi connectivity index (χ2v) is 6.83. The molecule has 8 heteroatoms. The maximum atomic E-state index is 12.2. The minimum atomic E-state index is -0.276. The van der Waals surface area contributed by atoms with Crippen molar-refractivity contribution in [3.05, 3.63) is 35.4 Å². The molecule has 2 N–H and O–H groups in total. The normalized spacial score (nSPS) is 15.3. The molecule has 2 amide bonds. The molecule has 2 heterocycles. The van der Waals surface area contributed by atoms with E-state index in [9.17, 15) is 4.79 Å². The second-order valence-electron chi connectivity index (χ2n) is 6.83. The third-order valence-electron chi connectivity index (χ3n) is 4.60. The van der Waals surface area contributed by atoms with E-state index in [0.717, 1.165) is 38.9 Å². The molecule has 1 atom stereocenters. The molecule has 26 heavy (non-hydrogen) atoms. The van der Waals surface area contributed by atoms with Crippen LogP contribution in [0.25, 0.3) is 0 Å². The number of urea groups is 1. The number of aryl methyl sites for hydroxylation is 1. The van der Waals surface area contributed by atoms with Gasteiger partial charge in [0.15, 0.2) is 0 Å². The summed E-state index contributed by atoms with van der Waals surface area (Å²) in [5.41, 5.74) is 2.81. The average molecular weight is 357 g/mol. The third-order valence-corrected chi connectivity index (χ3v) is 4.60. The first-order valence-electron chi connectivity index (χ1n) is 9.28. The van der Waals surface area contributed by atoms with E-state index >= 15 is 0 Å². The van der Waals surface area contributed by atoms with Crippen LogP contribution in [0, 0.1) is 0 Å². The highest BCUT2D eigenvalue weighted by atomic mass is 16.2. The first kappa shape index (κ1) is 18.3. The summed E-state index contributed by atoms with van der Waals surface area (Å²) >= 11 is 0. The molecule has 0 bridgehead atoms. The van der Waals surface area contributed by atoms with E-state index in [-0.39, 0.29) is 12.1 Å². The summed E-state index contributed by atoms with van der Waals surface area (Å²) in [4.78, 5) is 14.6. The van der Waals surface area contributed by atoms with Gasteiger partial charge in [0.25, 0.3) is 5.95 Å². The van der Waals surface area contributed by atoms with Crippen LogP contribution >= 0.6 is 0 Å². The summed E-state index contributed by atoms with van der Waals surface area (Å²) in [7, 11) is 0. The minimum absolute atomic E-state index is 0.0280. The van der Waals surface area contributed by atoms with Gasteiger partial charge in [0.05, 0.1) is 0 Å². The fraction of sp³-hybridized carbons (Fsp3) is 0.556. The zero-order chi connectivity index (χ0) is 18.4. The van der Waals surface area contributed by atoms with Gasteiger partial charge in [0.2, 0.25) is 0 Å². The van der Waals surface area contributed by atoms with Crippen molar-refractivity contribution < 1.29 is 4.79 Å². The van der Waals surface area contributed by atoms with Gasteiger partial charge >= 0.3 is 6.03 Å². The lowest BCUT2D eigenvalue weighted by Crippen LogP contribution is -2.45. The lowest BCUT2D eigenvalue weighted by molar-refractivity contribution is 0.221. The monoisotopic (exact) mass is 357 g/mol. The van der Waals surface area contributed by atoms with Gasteiger partial charge in [-0.25, -0.2) is 9.48 Å². The van der Waals surface area contributed by atoms with Crippen LogP contribution in [0.2, 0.25) is 0 Å². The molecule has 140 valence electrons. The van der Waals surface area contributed by atoms with Crippen LogP contribution in [0.5, 0.6) is 0 Å². The highest BCUT2D eigenvalue weighted by Gasteiger charge is 2.19. The molecule has 0 aliphatic carbocycles. The van der Waals surface area contributed by atoms with Crippen LogP contribution < -0.4 is 10.6 Å². The van der Waals surface area contributed by atoms with Crippen LogP contribution in [-0.2, 0) is 19.5 Å². The molecule has 1 aromatic carbocycles. The summed E-state index contributed by atoms with van der Waals surface area (Å²) in [5, 5.41) is 17.1. The zero-order valence-electron chi connectivity index (χ0n) is 15.5. The molecule has 1 aromatic heterocycles. The number of hydrogen-bond donors (Lipinski definition) is 2. The summed E-state index contributed by atoms with van der Waals surface area (Å²) in [6.45, 7) is 7.56. The number of unbranched alkanes of at least 4 members (excludes halogenated alkanes) is 1. The molecule has 3 rings (SSSR count). The van der Waals surface area contributed by atoms with Gasteiger partial charge in [-0.15, -0.1) is 0 Å². The number of nitrogens with zero attached hydrogens (tertiary/aromatic N) is 5. The van der Waals surface area contributed by atoms with E-state index in [1.807, 2.05) is 6.92 Å². The molecule has 0 saturated carbocycles. The van der Waals surface area contributed by atoms with Crippen LogP contribution in [0.1, 0.15) is 37.8 Å². The highest BCUT2D eigenvalue weighted by molar-refractivity contribution is 5.87. The van der Waals surface area contributed by atoms with Crippen LogP contribution in [0.15, 0.2) is 24.3 Å². The van der Waals surface area contributed by atoms with E-state index in [0.29, 0.717) is 12.5 Å². The Morgan fingerprint density at radius 3 is 2.92 bits per heavy atom. The number of anilines is 1. The highest BCUT2D eigenvalue weighted by Crippen LogP contribution is 2.18. The standard InChI is InChI=1S/C18H27N7O/c1-3-4-10-25-17(21-22-23-25)20-18(26)19-14(2)12-24-11-9-15-7-5-6-8-16(15)13-24/h5-8,14H,3-4,9-13H2,1-2H3,(H2,19,20,21,23,26). The fourth-order valence-electron chi connectivity index (χ4n) is 3.26. The quantitative estimate of drug-likeness (QED) is 0.792. The largest absolute Gasteiger partial charge is 0.334 e. The summed E-state index contributed by atoms with van der Waals surface area (Å²) < 4.78 is 1.62. The number of benzene rings is 1. The lowest BCUT2D eigenvalue weighted by atomic mass is 10.00. The second kappa shape index (κ2) is 8.75. The first-order valence-corrected chi connectivity index (χ1v) is 9.28. The van der Waals surface area contributed by atoms with Crippen molar-refractivity contribution in [2.24, 2.45) is 0 Å². The summed E-state index contributed by atoms with van der Waals surface area (Å²) in [6.07, 6.45) is 3.07. The molecule has 0 fully saturated rings. The summed E-state index contributed by atoms with van der Waals surface area (Å²) in [6, 6.07) is 8.31. The molecule has 1 aliphatic heterocycles. The van der Waals surface area contributed by atoms with Crippen LogP contribution in [-0.4, -0.2) is 50.3 Å². The predicted octanol–water partition coefficient (Wildman–Crippen LogP) is 2.04. The van der Waals surface area contributed by atoms with E-state index < -0.39 is 0 Å². The molecule has 1 aliphatic rings. The maximum Gasteiger partial charge on any atom is 0.321 e. The number of carbonyl (C=O) groups excluding carboxylic acids is 1. The zero-order valence-corrected chi connectivity index (χ0v) is 15.5. The number of hydrogen-bond acceptors (Lipinski definition) is 5. The Morgan fingerprint density at radius 1 is 1.31 bits per heavy atom. The van der Waals surface area contributed by atoms with Crippen LogP contribution in [0.3, 0.4) is 0 Å². The number of aromatic nitrogens is 4. The Labute approximate surface area is 154 Å². The van der Waals surface area contributed by atoms with Crippen molar-refractivity contribution in [3.63, 3.8) is 0 Å². The van der Waals surface area contributed by atoms with Crippen molar-refractivity contribution in [1.82, 2.24) is 30.4 Å². The average Bonchev–Trinajstić information content (AvgIpc) is 3.06. The molecule has 1 unspecified atom stereocenters. The Hall–Kier alpha value is -2.48. The molecular formula is C18H27N7O. The fourth-order valence-corrected chi connectivity index (χ4v) is 3.26. The van der Waals surface area contributed by atoms with Gasteiger partial charge in [0.1, 0.15) is 0 Å². The number of tetrazole rings is 1. The Kier molecular flexibility index (Phi) is 6.17. The molecule has 0 saturated heterocycles. The topological polar surface area (TPSA) is 88.0 Å². The predicted molar refractivity (Wildman–Crippen MR) is 99.8 cm³/mol. The van der Waals surface area contributed by atoms with Gasteiger partial charge in [-0.2, -0.15) is 0 Å². The van der Waals surface area contributed by atoms with Crippen molar-refractivity contribution in [2.75, 3.05) is 18.4 Å². The minimum Gasteiger partial charge on any atom is -0.334 e. The van der Waals surface area contributed by atoms with Gasteiger partial charge in [0, 0.05) is 32.2 Å². The van der Waals surface area contributed by atoms with Gasteiger partial charge < -0.3 is 5.32 Å². The van der Waals surface area contributed by atoms with Crippen molar-refractivity contribution in [2.45, 2.75) is 52.2 Å². The number of rotatable bonds is 7. The summed E-state index contributed by atoms with van der Waals surface area (Å²) in [5.74, 6) is 0.384. The van der Waals surface area contributed by atoms with Crippen molar-refractivity contribution in [1.29, 1.82) is 0 Å². The van der Waals surface area contributed by atoms with E-state index in [1.54, 1.807) is 4.68 Å². The molecule has 0 radical (unpaired) electrons. The van der Waals surface area contributed by atoms with Gasteiger partial charge in [-0.05, 0) is 41.3 Å². The van der Waals surface area contributed by atoms with Crippen molar-refractivity contribution >= 4 is 12.0 Å². The first-order chi connectivity index (χ1) is 12.7.